The summed E-state index contributed by atoms with van der Waals surface area (Å²) in [6.45, 7) is 0. The van der Waals surface area contributed by atoms with Gasteiger partial charge in [-0.2, -0.15) is 0 Å². The Morgan fingerprint density at radius 2 is 1.81 bits per heavy atom. The highest BCUT2D eigenvalue weighted by atomic mass is 35.5. The SMILES string of the molecule is Clc1nc(-c2cncnc2)sc1-c1cc2sccc2c(-c2ncccn2)n1. The Balaban J connectivity index is 1.69. The van der Waals surface area contributed by atoms with Crippen molar-refractivity contribution in [1.29, 1.82) is 0 Å². The molecule has 0 saturated carbocycles. The number of halogens is 1. The second kappa shape index (κ2) is 6.73. The van der Waals surface area contributed by atoms with E-state index in [1.807, 2.05) is 17.5 Å². The number of thiophene rings is 1. The third-order valence-electron chi connectivity index (χ3n) is 3.85. The van der Waals surface area contributed by atoms with Crippen LogP contribution in [-0.2, 0) is 0 Å². The molecule has 0 aromatic carbocycles. The van der Waals surface area contributed by atoms with Gasteiger partial charge in [-0.25, -0.2) is 29.9 Å². The third-order valence-corrected chi connectivity index (χ3v) is 6.23. The summed E-state index contributed by atoms with van der Waals surface area (Å²) in [6.07, 6.45) is 8.33. The molecule has 0 aliphatic carbocycles. The number of aromatic nitrogens is 6. The number of hydrogen-bond donors (Lipinski definition) is 0. The van der Waals surface area contributed by atoms with Crippen LogP contribution >= 0.6 is 34.3 Å². The standard InChI is InChI=1S/C18H9ClN6S2/c19-16-15(27-18(25-16)10-7-20-9-21-8-10)12-6-13-11(2-5-26-13)14(24-12)17-22-3-1-4-23-17/h1-9H. The number of rotatable bonds is 3. The summed E-state index contributed by atoms with van der Waals surface area (Å²) in [5, 5.41) is 4.21. The summed E-state index contributed by atoms with van der Waals surface area (Å²) >= 11 is 9.54. The van der Waals surface area contributed by atoms with Crippen LogP contribution in [0.25, 0.3) is 42.7 Å². The zero-order valence-electron chi connectivity index (χ0n) is 13.6. The Hall–Kier alpha value is -2.81. The van der Waals surface area contributed by atoms with E-state index in [2.05, 4.69) is 24.9 Å². The van der Waals surface area contributed by atoms with Crippen LogP contribution < -0.4 is 0 Å². The average Bonchev–Trinajstić information content (AvgIpc) is 3.35. The molecule has 0 atom stereocenters. The molecule has 0 radical (unpaired) electrons. The smallest absolute Gasteiger partial charge is 0.178 e. The molecule has 9 heteroatoms. The van der Waals surface area contributed by atoms with Gasteiger partial charge in [0, 0.05) is 40.4 Å². The van der Waals surface area contributed by atoms with Gasteiger partial charge in [0.2, 0.25) is 0 Å². The second-order valence-corrected chi connectivity index (χ2v) is 7.83. The third kappa shape index (κ3) is 2.97. The minimum atomic E-state index is 0.405. The molecule has 5 heterocycles. The monoisotopic (exact) mass is 408 g/mol. The van der Waals surface area contributed by atoms with Crippen molar-refractivity contribution < 1.29 is 0 Å². The number of pyridine rings is 1. The van der Waals surface area contributed by atoms with Crippen LogP contribution in [0.4, 0.5) is 0 Å². The van der Waals surface area contributed by atoms with Crippen molar-refractivity contribution in [3.63, 3.8) is 0 Å². The lowest BCUT2D eigenvalue weighted by Crippen LogP contribution is -1.93. The normalized spacial score (nSPS) is 11.1. The molecular weight excluding hydrogens is 400 g/mol. The summed E-state index contributed by atoms with van der Waals surface area (Å²) in [5.74, 6) is 0.583. The average molecular weight is 409 g/mol. The van der Waals surface area contributed by atoms with E-state index in [1.165, 1.54) is 17.7 Å². The number of thiazole rings is 1. The van der Waals surface area contributed by atoms with Crippen molar-refractivity contribution in [3.8, 4) is 32.7 Å². The first-order valence-corrected chi connectivity index (χ1v) is 9.95. The summed E-state index contributed by atoms with van der Waals surface area (Å²) in [6, 6.07) is 5.84. The van der Waals surface area contributed by atoms with E-state index in [-0.39, 0.29) is 0 Å². The van der Waals surface area contributed by atoms with Gasteiger partial charge in [0.05, 0.1) is 10.6 Å². The Morgan fingerprint density at radius 3 is 2.63 bits per heavy atom. The van der Waals surface area contributed by atoms with Crippen LogP contribution in [-0.4, -0.2) is 29.9 Å². The van der Waals surface area contributed by atoms with Gasteiger partial charge >= 0.3 is 0 Å². The Morgan fingerprint density at radius 1 is 1.00 bits per heavy atom. The molecule has 0 unspecified atom stereocenters. The fourth-order valence-electron chi connectivity index (χ4n) is 2.67. The first kappa shape index (κ1) is 16.4. The van der Waals surface area contributed by atoms with Gasteiger partial charge in [-0.1, -0.05) is 11.6 Å². The molecule has 27 heavy (non-hydrogen) atoms. The quantitative estimate of drug-likeness (QED) is 0.418. The van der Waals surface area contributed by atoms with Gasteiger partial charge in [-0.05, 0) is 23.6 Å². The number of fused-ring (bicyclic) bond motifs is 1. The van der Waals surface area contributed by atoms with Crippen LogP contribution in [0.15, 0.2) is 54.7 Å². The maximum Gasteiger partial charge on any atom is 0.178 e. The van der Waals surface area contributed by atoms with Crippen LogP contribution in [0.5, 0.6) is 0 Å². The summed E-state index contributed by atoms with van der Waals surface area (Å²) in [4.78, 5) is 26.9. The highest BCUT2D eigenvalue weighted by Crippen LogP contribution is 2.40. The van der Waals surface area contributed by atoms with Crippen LogP contribution in [0.1, 0.15) is 0 Å². The molecule has 0 saturated heterocycles. The lowest BCUT2D eigenvalue weighted by Gasteiger charge is -2.04. The fraction of sp³-hybridized carbons (Fsp3) is 0. The molecule has 0 bridgehead atoms. The van der Waals surface area contributed by atoms with Gasteiger partial charge in [0.1, 0.15) is 22.2 Å². The van der Waals surface area contributed by atoms with E-state index >= 15 is 0 Å². The van der Waals surface area contributed by atoms with Gasteiger partial charge in [0.25, 0.3) is 0 Å². The van der Waals surface area contributed by atoms with Crippen molar-refractivity contribution in [2.75, 3.05) is 0 Å². The van der Waals surface area contributed by atoms with Crippen LogP contribution in [0.2, 0.25) is 5.15 Å². The molecule has 0 amide bonds. The van der Waals surface area contributed by atoms with E-state index in [9.17, 15) is 0 Å². The van der Waals surface area contributed by atoms with E-state index < -0.39 is 0 Å². The maximum atomic E-state index is 6.44. The van der Waals surface area contributed by atoms with Gasteiger partial charge in [-0.3, -0.25) is 0 Å². The highest BCUT2D eigenvalue weighted by Gasteiger charge is 2.18. The summed E-state index contributed by atoms with van der Waals surface area (Å²) < 4.78 is 1.09. The molecule has 5 aromatic rings. The molecule has 0 N–H and O–H groups in total. The minimum Gasteiger partial charge on any atom is -0.244 e. The molecule has 130 valence electrons. The zero-order chi connectivity index (χ0) is 18.2. The topological polar surface area (TPSA) is 77.3 Å². The summed E-state index contributed by atoms with van der Waals surface area (Å²) in [5.41, 5.74) is 2.30. The largest absolute Gasteiger partial charge is 0.244 e. The van der Waals surface area contributed by atoms with E-state index in [1.54, 1.807) is 42.2 Å². The van der Waals surface area contributed by atoms with E-state index in [4.69, 9.17) is 16.6 Å². The highest BCUT2D eigenvalue weighted by molar-refractivity contribution is 7.19. The molecule has 5 rings (SSSR count). The van der Waals surface area contributed by atoms with E-state index in [0.29, 0.717) is 11.0 Å². The minimum absolute atomic E-state index is 0.405. The van der Waals surface area contributed by atoms with Crippen molar-refractivity contribution in [2.24, 2.45) is 0 Å². The predicted molar refractivity (Wildman–Crippen MR) is 108 cm³/mol. The van der Waals surface area contributed by atoms with Crippen LogP contribution in [0, 0.1) is 0 Å². The second-order valence-electron chi connectivity index (χ2n) is 5.53. The zero-order valence-corrected chi connectivity index (χ0v) is 16.0. The number of hydrogen-bond acceptors (Lipinski definition) is 8. The molecule has 6 nitrogen and oxygen atoms in total. The summed E-state index contributed by atoms with van der Waals surface area (Å²) in [7, 11) is 0. The van der Waals surface area contributed by atoms with Crippen LogP contribution in [0.3, 0.4) is 0 Å². The van der Waals surface area contributed by atoms with Crippen molar-refractivity contribution in [2.45, 2.75) is 0 Å². The Kier molecular flexibility index (Phi) is 4.08. The predicted octanol–water partition coefficient (Wildman–Crippen LogP) is 4.99. The maximum absolute atomic E-state index is 6.44. The molecule has 5 aromatic heterocycles. The lowest BCUT2D eigenvalue weighted by atomic mass is 10.2. The molecule has 0 spiro atoms. The van der Waals surface area contributed by atoms with Crippen molar-refractivity contribution in [3.05, 3.63) is 59.8 Å². The fourth-order valence-corrected chi connectivity index (χ4v) is 4.73. The van der Waals surface area contributed by atoms with Crippen molar-refractivity contribution in [1.82, 2.24) is 29.9 Å². The molecular formula is C18H9ClN6S2. The first-order chi connectivity index (χ1) is 13.3. The van der Waals surface area contributed by atoms with Gasteiger partial charge in [0.15, 0.2) is 5.82 Å². The Bertz CT molecular complexity index is 1240. The first-order valence-electron chi connectivity index (χ1n) is 7.87. The number of nitrogens with zero attached hydrogens (tertiary/aromatic N) is 6. The van der Waals surface area contributed by atoms with E-state index in [0.717, 1.165) is 36.9 Å². The van der Waals surface area contributed by atoms with Gasteiger partial charge < -0.3 is 0 Å². The Labute approximate surface area is 166 Å². The molecule has 0 aliphatic heterocycles. The van der Waals surface area contributed by atoms with Gasteiger partial charge in [-0.15, -0.1) is 22.7 Å². The molecule has 0 aliphatic rings. The van der Waals surface area contributed by atoms with Crippen molar-refractivity contribution >= 4 is 44.4 Å². The lowest BCUT2D eigenvalue weighted by molar-refractivity contribution is 1.15. The molecule has 0 fully saturated rings.